The Labute approximate surface area is 746 Å². The number of fused-ring (bicyclic) bond motifs is 15. The number of aliphatic hydroxyl groups is 5. The summed E-state index contributed by atoms with van der Waals surface area (Å²) in [6.45, 7) is 15.4. The lowest BCUT2D eigenvalue weighted by molar-refractivity contribution is -0.273. The van der Waals surface area contributed by atoms with E-state index in [1.165, 1.54) is 43.4 Å². The number of nitrogens with one attached hydrogen (secondary N) is 6. The first-order valence-electron chi connectivity index (χ1n) is 43.8. The number of hydrogen-bond acceptors (Lipinski definition) is 25. The molecule has 0 unspecified atom stereocenters. The number of phenols is 3. The standard InChI is InChI=1S/C93H117Cl2N7O25/c1-11-12-13-14-15-16-17-26-96-90(120)97-72(109)39-53-36-64(106)77(100-87(118)61(27-44(2)3)102(10)91(121)127-93(7,8)9)79(111)48-19-22-67(59(94)34-48)122-70-37-52-38-71(84(70)125-89-83(115)82(114)81(113)69(124-89)24-25-73(110)126-92(4,5)6)123-68-23-20-49(35-60(68)95)80(112)78-88(119)99-76(66(108)42-55-50-29-45-28-46(31-50)32-51(55)30-45)58-40-54(103)41-63(105)74(58)57-33-47(18-21-62(57)104)56(86(117)101-78)43-65(107)75(52)98-85(53)116/h18-23,33-35,37-38,40-41,44-46,50-51,53,55-56,61,69,75-83,89,103-105,111-115H,11-17,24-32,36,39,42-43H2,1-10H3,(H,98,116)(H,99,119)(H,100,118)(H,101,117)(H2,96,97,109,120)/t45?,46?,50?,51?,53-,55?,56+,61+,69+,75+,76-,77-,78-,79+,80+,81+,82-,83+,89-/m0/s1. The van der Waals surface area contributed by atoms with E-state index in [-0.39, 0.29) is 104 Å². The van der Waals surface area contributed by atoms with E-state index < -0.39 is 227 Å². The molecular formula is C93H117Cl2N7O25. The van der Waals surface area contributed by atoms with Crippen LogP contribution in [-0.2, 0) is 57.4 Å². The zero-order chi connectivity index (χ0) is 92.1. The zero-order valence-corrected chi connectivity index (χ0v) is 74.4. The molecule has 14 atom stereocenters. The van der Waals surface area contributed by atoms with Crippen LogP contribution in [0.1, 0.15) is 242 Å². The molecule has 4 saturated carbocycles. The number of phenolic OH excluding ortho intramolecular Hbond substituents is 3. The molecule has 127 heavy (non-hydrogen) atoms. The van der Waals surface area contributed by atoms with Crippen LogP contribution in [-0.4, -0.2) is 184 Å². The van der Waals surface area contributed by atoms with E-state index in [0.717, 1.165) is 118 Å². The number of ketones is 3. The van der Waals surface area contributed by atoms with Crippen LogP contribution in [0.2, 0.25) is 10.0 Å². The summed E-state index contributed by atoms with van der Waals surface area (Å²) in [5.41, 5.74) is -3.83. The monoisotopic (exact) mass is 1800 g/mol. The molecule has 5 fully saturated rings. The van der Waals surface area contributed by atoms with Gasteiger partial charge in [-0.05, 0) is 211 Å². The average Bonchev–Trinajstić information content (AvgIpc) is 0.757. The summed E-state index contributed by atoms with van der Waals surface area (Å²) in [6.07, 6.45) is -8.39. The maximum absolute atomic E-state index is 16.8. The number of rotatable bonds is 23. The van der Waals surface area contributed by atoms with E-state index in [2.05, 4.69) is 38.8 Å². The Hall–Kier alpha value is -10.2. The van der Waals surface area contributed by atoms with Crippen molar-refractivity contribution in [2.24, 2.45) is 41.4 Å². The number of aliphatic hydroxyl groups excluding tert-OH is 5. The Bertz CT molecular complexity index is 4940. The first-order valence-corrected chi connectivity index (χ1v) is 44.5. The van der Waals surface area contributed by atoms with Gasteiger partial charge in [-0.3, -0.25) is 53.4 Å². The fourth-order valence-corrected chi connectivity index (χ4v) is 19.2. The highest BCUT2D eigenvalue weighted by molar-refractivity contribution is 6.32. The quantitative estimate of drug-likeness (QED) is 0.0213. The van der Waals surface area contributed by atoms with Crippen LogP contribution in [0.3, 0.4) is 0 Å². The van der Waals surface area contributed by atoms with Crippen LogP contribution >= 0.6 is 23.2 Å². The number of urea groups is 1. The molecule has 14 N–H and O–H groups in total. The van der Waals surface area contributed by atoms with Gasteiger partial charge in [-0.1, -0.05) is 101 Å². The van der Waals surface area contributed by atoms with E-state index in [9.17, 15) is 60.0 Å². The molecule has 0 radical (unpaired) electrons. The Morgan fingerprint density at radius 1 is 0.622 bits per heavy atom. The summed E-state index contributed by atoms with van der Waals surface area (Å²) in [4.78, 5) is 168. The molecular weight excluding hydrogens is 1690 g/mol. The van der Waals surface area contributed by atoms with E-state index in [0.29, 0.717) is 18.3 Å². The molecule has 6 aliphatic heterocycles. The lowest BCUT2D eigenvalue weighted by Crippen LogP contribution is -2.59. The number of amides is 8. The van der Waals surface area contributed by atoms with E-state index >= 15 is 33.6 Å². The van der Waals surface area contributed by atoms with Crippen LogP contribution in [0.15, 0.2) is 78.9 Å². The Morgan fingerprint density at radius 2 is 1.23 bits per heavy atom. The van der Waals surface area contributed by atoms with Gasteiger partial charge in [0.25, 0.3) is 0 Å². The number of carbonyl (C=O) groups excluding carboxylic acids is 11. The molecule has 15 bridgehead atoms. The molecule has 5 aromatic carbocycles. The first-order chi connectivity index (χ1) is 60.0. The normalized spacial score (nSPS) is 26.7. The summed E-state index contributed by atoms with van der Waals surface area (Å²) < 4.78 is 37.5. The Kier molecular flexibility index (Phi) is 30.7. The number of Topliss-reactive ketones (excluding diaryl/α,β-unsaturated/α-hetero) is 3. The SMILES string of the molecule is CCCCCCCCCNC(=O)NC(=O)C[C@@H]1CC(=O)[C@H](NC(=O)[C@@H](CC(C)C)N(C)C(=O)OC(C)(C)C)[C@H](O)c2ccc(c(Cl)c2)Oc2cc3cc(c2O[C@@H]2O[C@H](CCC(=O)OC(C)(C)C)[C@@H](O)[C@H](O)[C@H]2O)Oc2ccc(cc2Cl)[C@@H](O)[C@@H]2NC(=O)[C@H](CC(=O)[C@@H]3NC1=O)c1ccc(O)c(c1)-c1c(O)cc(O)cc1[C@@H](C(=O)CC1C3CC4CC(C3)CC1C4)NC2=O. The Morgan fingerprint density at radius 3 is 1.83 bits per heavy atom. The average molecular weight is 1800 g/mol. The third-order valence-electron chi connectivity index (χ3n) is 24.9. The molecule has 32 nitrogen and oxygen atoms in total. The van der Waals surface area contributed by atoms with Gasteiger partial charge in [0.2, 0.25) is 41.6 Å². The van der Waals surface area contributed by atoms with Gasteiger partial charge in [-0.2, -0.15) is 0 Å². The van der Waals surface area contributed by atoms with Crippen LogP contribution in [0, 0.1) is 41.4 Å². The predicted octanol–water partition coefficient (Wildman–Crippen LogP) is 11.7. The van der Waals surface area contributed by atoms with Crippen LogP contribution in [0.25, 0.3) is 11.1 Å². The number of likely N-dealkylation sites (N-methyl/N-ethyl adjacent to an activating group) is 1. The van der Waals surface area contributed by atoms with Gasteiger partial charge in [-0.25, -0.2) is 9.59 Å². The molecule has 1 saturated heterocycles. The number of halogens is 2. The van der Waals surface area contributed by atoms with Crippen molar-refractivity contribution >= 4 is 88.2 Å². The van der Waals surface area contributed by atoms with E-state index in [1.807, 2.05) is 0 Å². The fraction of sp³-hybridized carbons (Fsp3) is 0.559. The van der Waals surface area contributed by atoms with Crippen LogP contribution in [0.5, 0.6) is 46.0 Å². The lowest BCUT2D eigenvalue weighted by Gasteiger charge is -2.54. The third-order valence-corrected chi connectivity index (χ3v) is 25.5. The third kappa shape index (κ3) is 23.3. The first kappa shape index (κ1) is 95.9. The molecule has 0 aromatic heterocycles. The molecule has 688 valence electrons. The largest absolute Gasteiger partial charge is 0.508 e. The number of benzene rings is 5. The van der Waals surface area contributed by atoms with Crippen LogP contribution in [0.4, 0.5) is 9.59 Å². The number of esters is 1. The smallest absolute Gasteiger partial charge is 0.410 e. The van der Waals surface area contributed by atoms with Crippen molar-refractivity contribution in [3.63, 3.8) is 0 Å². The van der Waals surface area contributed by atoms with Gasteiger partial charge >= 0.3 is 18.1 Å². The van der Waals surface area contributed by atoms with Gasteiger partial charge in [0, 0.05) is 62.9 Å². The molecule has 15 rings (SSSR count). The summed E-state index contributed by atoms with van der Waals surface area (Å²) in [5.74, 6) is -17.2. The fourth-order valence-electron chi connectivity index (χ4n) is 18.8. The van der Waals surface area contributed by atoms with Gasteiger partial charge in [0.05, 0.1) is 28.0 Å². The zero-order valence-electron chi connectivity index (χ0n) is 72.9. The minimum Gasteiger partial charge on any atom is -0.508 e. The minimum atomic E-state index is -2.27. The second kappa shape index (κ2) is 40.6. The van der Waals surface area contributed by atoms with E-state index in [4.69, 9.17) is 51.6 Å². The molecule has 34 heteroatoms. The summed E-state index contributed by atoms with van der Waals surface area (Å²) >= 11 is 14.5. The summed E-state index contributed by atoms with van der Waals surface area (Å²) in [6, 6.07) is 4.18. The summed E-state index contributed by atoms with van der Waals surface area (Å²) in [5, 5.41) is 112. The van der Waals surface area contributed by atoms with Gasteiger partial charge in [-0.15, -0.1) is 0 Å². The molecule has 10 aliphatic rings. The number of ether oxygens (including phenoxy) is 6. The maximum Gasteiger partial charge on any atom is 0.410 e. The number of nitrogens with zero attached hydrogens (tertiary/aromatic N) is 1. The van der Waals surface area contributed by atoms with Crippen LogP contribution < -0.4 is 46.1 Å². The number of aromatic hydroxyl groups is 3. The number of unbranched alkanes of at least 4 members (excludes halogenated alkanes) is 6. The highest BCUT2D eigenvalue weighted by Crippen LogP contribution is 2.58. The predicted molar refractivity (Wildman–Crippen MR) is 461 cm³/mol. The van der Waals surface area contributed by atoms with Crippen molar-refractivity contribution in [1.82, 2.24) is 36.8 Å². The lowest BCUT2D eigenvalue weighted by atomic mass is 9.51. The maximum atomic E-state index is 16.8. The van der Waals surface area contributed by atoms with Crippen molar-refractivity contribution < 1.29 is 122 Å². The highest BCUT2D eigenvalue weighted by atomic mass is 35.5. The van der Waals surface area contributed by atoms with Gasteiger partial charge < -0.3 is 95.9 Å². The Balaban J connectivity index is 1.05. The number of hydrogen-bond donors (Lipinski definition) is 14. The molecule has 0 spiro atoms. The second-order valence-electron chi connectivity index (χ2n) is 37.4. The minimum absolute atomic E-state index is 0.0553. The number of carbonyl (C=O) groups is 11. The molecule has 8 amide bonds. The molecule has 6 heterocycles. The van der Waals surface area contributed by atoms with Crippen molar-refractivity contribution in [3.05, 3.63) is 117 Å². The summed E-state index contributed by atoms with van der Waals surface area (Å²) in [7, 11) is 1.29. The highest BCUT2D eigenvalue weighted by Gasteiger charge is 2.52. The van der Waals surface area contributed by atoms with Crippen molar-refractivity contribution in [2.75, 3.05) is 13.6 Å². The van der Waals surface area contributed by atoms with Gasteiger partial charge in [0.1, 0.15) is 101 Å². The van der Waals surface area contributed by atoms with Crippen molar-refractivity contribution in [1.29, 1.82) is 0 Å². The molecule has 5 aromatic rings. The topological polar surface area (TPSA) is 480 Å². The molecule has 4 aliphatic carbocycles. The van der Waals surface area contributed by atoms with Crippen molar-refractivity contribution in [2.45, 2.75) is 275 Å². The second-order valence-corrected chi connectivity index (χ2v) is 38.2. The van der Waals surface area contributed by atoms with E-state index in [1.54, 1.807) is 55.4 Å². The van der Waals surface area contributed by atoms with Gasteiger partial charge in [0.15, 0.2) is 28.8 Å². The van der Waals surface area contributed by atoms with Crippen molar-refractivity contribution in [3.8, 4) is 57.1 Å². The number of imide groups is 1.